The van der Waals surface area contributed by atoms with Crippen LogP contribution in [0.5, 0.6) is 0 Å². The third-order valence-electron chi connectivity index (χ3n) is 5.44. The van der Waals surface area contributed by atoms with Gasteiger partial charge in [0.25, 0.3) is 0 Å². The molecule has 2 fully saturated rings. The summed E-state index contributed by atoms with van der Waals surface area (Å²) in [6.07, 6.45) is 2.39. The molecule has 0 amide bonds. The van der Waals surface area contributed by atoms with Crippen molar-refractivity contribution in [2.24, 2.45) is 4.99 Å². The second kappa shape index (κ2) is 13.4. The number of halogens is 1. The Morgan fingerprint density at radius 1 is 1.21 bits per heavy atom. The molecule has 2 aliphatic rings. The lowest BCUT2D eigenvalue weighted by Crippen LogP contribution is -2.50. The van der Waals surface area contributed by atoms with Crippen LogP contribution in [0.2, 0.25) is 0 Å². The van der Waals surface area contributed by atoms with Gasteiger partial charge in [-0.15, -0.1) is 24.0 Å². The van der Waals surface area contributed by atoms with Crippen molar-refractivity contribution in [2.45, 2.75) is 45.4 Å². The van der Waals surface area contributed by atoms with Crippen molar-refractivity contribution in [3.05, 3.63) is 35.9 Å². The number of benzene rings is 1. The summed E-state index contributed by atoms with van der Waals surface area (Å²) < 4.78 is 11.5. The van der Waals surface area contributed by atoms with Gasteiger partial charge in [-0.1, -0.05) is 30.3 Å². The van der Waals surface area contributed by atoms with Crippen molar-refractivity contribution in [3.63, 3.8) is 0 Å². The SMILES string of the molecule is CCNC(=NCCCCOCC)N1CC2OCCN(Cc3ccccc3)C2C1.I. The van der Waals surface area contributed by atoms with Gasteiger partial charge in [-0.05, 0) is 32.3 Å². The molecule has 29 heavy (non-hydrogen) atoms. The van der Waals surface area contributed by atoms with Gasteiger partial charge in [0.1, 0.15) is 0 Å². The summed E-state index contributed by atoms with van der Waals surface area (Å²) in [5.41, 5.74) is 1.37. The Bertz CT molecular complexity index is 602. The average Bonchev–Trinajstić information content (AvgIpc) is 3.16. The number of hydrogen-bond acceptors (Lipinski definition) is 4. The Morgan fingerprint density at radius 3 is 2.79 bits per heavy atom. The molecule has 2 atom stereocenters. The standard InChI is InChI=1S/C22H36N4O2.HI/c1-3-23-22(24-12-8-9-14-27-4-2)26-17-20-21(18-26)28-15-13-25(20)16-19-10-6-5-7-11-19;/h5-7,10-11,20-21H,3-4,8-9,12-18H2,1-2H3,(H,23,24);1H. The van der Waals surface area contributed by atoms with Gasteiger partial charge in [-0.2, -0.15) is 0 Å². The maximum Gasteiger partial charge on any atom is 0.194 e. The fourth-order valence-corrected chi connectivity index (χ4v) is 4.02. The van der Waals surface area contributed by atoms with Crippen molar-refractivity contribution in [3.8, 4) is 0 Å². The second-order valence-corrected chi connectivity index (χ2v) is 7.48. The zero-order valence-corrected chi connectivity index (χ0v) is 20.2. The van der Waals surface area contributed by atoms with Crippen LogP contribution >= 0.6 is 24.0 Å². The van der Waals surface area contributed by atoms with E-state index in [4.69, 9.17) is 14.5 Å². The lowest BCUT2D eigenvalue weighted by atomic mass is 10.1. The molecule has 0 spiro atoms. The summed E-state index contributed by atoms with van der Waals surface area (Å²) in [6, 6.07) is 11.2. The van der Waals surface area contributed by atoms with Crippen LogP contribution in [0.15, 0.2) is 35.3 Å². The number of rotatable bonds is 9. The molecule has 7 heteroatoms. The Hall–Kier alpha value is -0.900. The third kappa shape index (κ3) is 7.38. The molecule has 1 aromatic rings. The van der Waals surface area contributed by atoms with Gasteiger partial charge < -0.3 is 19.7 Å². The highest BCUT2D eigenvalue weighted by molar-refractivity contribution is 14.0. The van der Waals surface area contributed by atoms with Crippen LogP contribution in [0.1, 0.15) is 32.3 Å². The van der Waals surface area contributed by atoms with Gasteiger partial charge >= 0.3 is 0 Å². The van der Waals surface area contributed by atoms with Crippen LogP contribution in [0.3, 0.4) is 0 Å². The molecule has 0 aromatic heterocycles. The first kappa shape index (κ1) is 24.4. The minimum Gasteiger partial charge on any atom is -0.382 e. The topological polar surface area (TPSA) is 49.3 Å². The lowest BCUT2D eigenvalue weighted by Gasteiger charge is -2.36. The molecule has 2 heterocycles. The summed E-state index contributed by atoms with van der Waals surface area (Å²) >= 11 is 0. The van der Waals surface area contributed by atoms with Crippen molar-refractivity contribution in [1.29, 1.82) is 0 Å². The molecule has 2 saturated heterocycles. The number of aliphatic imine (C=N–C) groups is 1. The molecule has 3 rings (SSSR count). The monoisotopic (exact) mass is 516 g/mol. The molecule has 0 bridgehead atoms. The summed E-state index contributed by atoms with van der Waals surface area (Å²) in [5.74, 6) is 1.02. The van der Waals surface area contributed by atoms with Crippen LogP contribution < -0.4 is 5.32 Å². The number of fused-ring (bicyclic) bond motifs is 1. The fourth-order valence-electron chi connectivity index (χ4n) is 4.02. The van der Waals surface area contributed by atoms with E-state index in [1.165, 1.54) is 5.56 Å². The molecule has 0 aliphatic carbocycles. The highest BCUT2D eigenvalue weighted by Gasteiger charge is 2.41. The minimum atomic E-state index is 0. The summed E-state index contributed by atoms with van der Waals surface area (Å²) in [6.45, 7) is 12.2. The lowest BCUT2D eigenvalue weighted by molar-refractivity contribution is -0.0502. The third-order valence-corrected chi connectivity index (χ3v) is 5.44. The molecular formula is C22H37IN4O2. The van der Waals surface area contributed by atoms with Crippen molar-refractivity contribution in [1.82, 2.24) is 15.1 Å². The van der Waals surface area contributed by atoms with E-state index in [0.29, 0.717) is 6.04 Å². The Labute approximate surface area is 193 Å². The number of nitrogens with zero attached hydrogens (tertiary/aromatic N) is 3. The smallest absolute Gasteiger partial charge is 0.194 e. The van der Waals surface area contributed by atoms with Gasteiger partial charge in [0.05, 0.1) is 18.8 Å². The van der Waals surface area contributed by atoms with Crippen LogP contribution in [0.4, 0.5) is 0 Å². The molecular weight excluding hydrogens is 479 g/mol. The number of likely N-dealkylation sites (tertiary alicyclic amines) is 1. The van der Waals surface area contributed by atoms with Crippen molar-refractivity contribution >= 4 is 29.9 Å². The Kier molecular flexibility index (Phi) is 11.3. The first-order chi connectivity index (χ1) is 13.8. The average molecular weight is 516 g/mol. The summed E-state index contributed by atoms with van der Waals surface area (Å²) in [5, 5.41) is 3.47. The number of ether oxygens (including phenoxy) is 2. The number of unbranched alkanes of at least 4 members (excludes halogenated alkanes) is 1. The fraction of sp³-hybridized carbons (Fsp3) is 0.682. The quantitative estimate of drug-likeness (QED) is 0.237. The number of guanidine groups is 1. The van der Waals surface area contributed by atoms with Gasteiger partial charge in [0.2, 0.25) is 0 Å². The van der Waals surface area contributed by atoms with Crippen LogP contribution in [-0.4, -0.2) is 80.4 Å². The van der Waals surface area contributed by atoms with Crippen LogP contribution in [0.25, 0.3) is 0 Å². The number of morpholine rings is 1. The van der Waals surface area contributed by atoms with Crippen molar-refractivity contribution in [2.75, 3.05) is 52.5 Å². The van der Waals surface area contributed by atoms with E-state index >= 15 is 0 Å². The molecule has 6 nitrogen and oxygen atoms in total. The van der Waals surface area contributed by atoms with E-state index in [0.717, 1.165) is 77.9 Å². The first-order valence-corrected chi connectivity index (χ1v) is 10.8. The zero-order valence-electron chi connectivity index (χ0n) is 17.9. The van der Waals surface area contributed by atoms with E-state index in [9.17, 15) is 0 Å². The predicted molar refractivity (Wildman–Crippen MR) is 129 cm³/mol. The van der Waals surface area contributed by atoms with E-state index in [-0.39, 0.29) is 30.1 Å². The number of nitrogens with one attached hydrogen (secondary N) is 1. The van der Waals surface area contributed by atoms with Gasteiger partial charge in [-0.25, -0.2) is 0 Å². The highest BCUT2D eigenvalue weighted by Crippen LogP contribution is 2.24. The van der Waals surface area contributed by atoms with Crippen molar-refractivity contribution < 1.29 is 9.47 Å². The maximum absolute atomic E-state index is 6.12. The first-order valence-electron chi connectivity index (χ1n) is 10.8. The molecule has 0 saturated carbocycles. The highest BCUT2D eigenvalue weighted by atomic mass is 127. The van der Waals surface area contributed by atoms with Gasteiger partial charge in [0.15, 0.2) is 5.96 Å². The Morgan fingerprint density at radius 2 is 2.03 bits per heavy atom. The number of hydrogen-bond donors (Lipinski definition) is 1. The maximum atomic E-state index is 6.12. The van der Waals surface area contributed by atoms with E-state index in [2.05, 4.69) is 52.4 Å². The Balaban J connectivity index is 0.00000300. The molecule has 0 radical (unpaired) electrons. The van der Waals surface area contributed by atoms with Crippen LogP contribution in [-0.2, 0) is 16.0 Å². The van der Waals surface area contributed by atoms with Gasteiger partial charge in [0, 0.05) is 52.5 Å². The van der Waals surface area contributed by atoms with E-state index in [1.54, 1.807) is 0 Å². The largest absolute Gasteiger partial charge is 0.382 e. The molecule has 1 N–H and O–H groups in total. The molecule has 164 valence electrons. The summed E-state index contributed by atoms with van der Waals surface area (Å²) in [7, 11) is 0. The van der Waals surface area contributed by atoms with Gasteiger partial charge in [-0.3, -0.25) is 9.89 Å². The van der Waals surface area contributed by atoms with E-state index < -0.39 is 0 Å². The van der Waals surface area contributed by atoms with Crippen LogP contribution in [0, 0.1) is 0 Å². The molecule has 2 unspecified atom stereocenters. The molecule has 2 aliphatic heterocycles. The van der Waals surface area contributed by atoms with E-state index in [1.807, 2.05) is 6.92 Å². The molecule has 1 aromatic carbocycles. The summed E-state index contributed by atoms with van der Waals surface area (Å²) in [4.78, 5) is 9.82. The predicted octanol–water partition coefficient (Wildman–Crippen LogP) is 2.97. The minimum absolute atomic E-state index is 0. The second-order valence-electron chi connectivity index (χ2n) is 7.48. The zero-order chi connectivity index (χ0) is 19.6. The normalized spacial score (nSPS) is 22.3.